The van der Waals surface area contributed by atoms with E-state index in [-0.39, 0.29) is 0 Å². The second kappa shape index (κ2) is 11.2. The van der Waals surface area contributed by atoms with E-state index in [1.165, 1.54) is 53.2 Å². The van der Waals surface area contributed by atoms with Crippen molar-refractivity contribution < 1.29 is 4.42 Å². The SMILES string of the molecule is c1ccc(-c2ccccc2-c2ccc(N(c3ccc4cc5c(cc4c3)sc3ccccc35)c3cccc4oc5ccccc5c34)cc2)cc1. The molecule has 0 unspecified atom stereocenters. The number of rotatable bonds is 5. The fourth-order valence-corrected chi connectivity index (χ4v) is 8.49. The molecule has 10 rings (SSSR count). The molecule has 0 saturated carbocycles. The lowest BCUT2D eigenvalue weighted by molar-refractivity contribution is 0.669. The van der Waals surface area contributed by atoms with Gasteiger partial charge in [-0.1, -0.05) is 115 Å². The van der Waals surface area contributed by atoms with Gasteiger partial charge < -0.3 is 9.32 Å². The molecular weight excluding hydrogens is 615 g/mol. The van der Waals surface area contributed by atoms with Crippen LogP contribution in [0.1, 0.15) is 0 Å². The highest BCUT2D eigenvalue weighted by atomic mass is 32.1. The topological polar surface area (TPSA) is 16.4 Å². The quantitative estimate of drug-likeness (QED) is 0.186. The zero-order chi connectivity index (χ0) is 32.3. The first-order chi connectivity index (χ1) is 24.3. The fourth-order valence-electron chi connectivity index (χ4n) is 7.36. The number of furan rings is 1. The van der Waals surface area contributed by atoms with Crippen molar-refractivity contribution in [2.45, 2.75) is 0 Å². The molecule has 0 fully saturated rings. The molecule has 0 amide bonds. The third-order valence-electron chi connectivity index (χ3n) is 9.65. The third kappa shape index (κ3) is 4.62. The number of anilines is 3. The normalized spacial score (nSPS) is 11.7. The van der Waals surface area contributed by atoms with Crippen molar-refractivity contribution in [2.24, 2.45) is 0 Å². The van der Waals surface area contributed by atoms with Crippen LogP contribution in [-0.2, 0) is 0 Å². The molecule has 0 N–H and O–H groups in total. The summed E-state index contributed by atoms with van der Waals surface area (Å²) in [6.45, 7) is 0. The molecule has 2 heterocycles. The molecule has 0 atom stereocenters. The van der Waals surface area contributed by atoms with E-state index < -0.39 is 0 Å². The minimum atomic E-state index is 0.880. The summed E-state index contributed by atoms with van der Waals surface area (Å²) in [4.78, 5) is 2.38. The van der Waals surface area contributed by atoms with Crippen LogP contribution < -0.4 is 4.90 Å². The Hall–Kier alpha value is -6.16. The predicted octanol–water partition coefficient (Wildman–Crippen LogP) is 13.9. The van der Waals surface area contributed by atoms with Crippen LogP contribution in [0.4, 0.5) is 17.1 Å². The van der Waals surface area contributed by atoms with Crippen molar-refractivity contribution in [1.82, 2.24) is 0 Å². The summed E-state index contributed by atoms with van der Waals surface area (Å²) < 4.78 is 9.00. The van der Waals surface area contributed by atoms with E-state index in [1.807, 2.05) is 17.4 Å². The van der Waals surface area contributed by atoms with Gasteiger partial charge in [-0.25, -0.2) is 0 Å². The Balaban J connectivity index is 1.17. The molecule has 0 aliphatic heterocycles. The predicted molar refractivity (Wildman–Crippen MR) is 210 cm³/mol. The zero-order valence-electron chi connectivity index (χ0n) is 26.5. The number of hydrogen-bond acceptors (Lipinski definition) is 3. The highest BCUT2D eigenvalue weighted by molar-refractivity contribution is 7.25. The Kier molecular flexibility index (Phi) is 6.39. The lowest BCUT2D eigenvalue weighted by Crippen LogP contribution is -2.10. The minimum Gasteiger partial charge on any atom is -0.456 e. The van der Waals surface area contributed by atoms with Crippen molar-refractivity contribution >= 4 is 81.3 Å². The molecule has 49 heavy (non-hydrogen) atoms. The highest BCUT2D eigenvalue weighted by Gasteiger charge is 2.20. The maximum Gasteiger partial charge on any atom is 0.137 e. The first kappa shape index (κ1) is 27.9. The summed E-state index contributed by atoms with van der Waals surface area (Å²) in [5.41, 5.74) is 9.88. The molecule has 8 aromatic carbocycles. The number of nitrogens with zero attached hydrogens (tertiary/aromatic N) is 1. The Labute approximate surface area is 287 Å². The maximum atomic E-state index is 6.37. The van der Waals surface area contributed by atoms with Gasteiger partial charge in [0.15, 0.2) is 0 Å². The molecule has 0 spiro atoms. The minimum absolute atomic E-state index is 0.880. The second-order valence-corrected chi connectivity index (χ2v) is 13.6. The summed E-state index contributed by atoms with van der Waals surface area (Å²) in [6.07, 6.45) is 0. The number of thiophene rings is 1. The lowest BCUT2D eigenvalue weighted by Gasteiger charge is -2.27. The molecule has 2 aromatic heterocycles. The van der Waals surface area contributed by atoms with E-state index in [2.05, 4.69) is 175 Å². The molecule has 0 saturated heterocycles. The van der Waals surface area contributed by atoms with Gasteiger partial charge in [0.25, 0.3) is 0 Å². The Morgan fingerprint density at radius 1 is 0.408 bits per heavy atom. The van der Waals surface area contributed by atoms with Gasteiger partial charge in [0.2, 0.25) is 0 Å². The van der Waals surface area contributed by atoms with Crippen molar-refractivity contribution in [3.8, 4) is 22.3 Å². The summed E-state index contributed by atoms with van der Waals surface area (Å²) in [6, 6.07) is 63.2. The van der Waals surface area contributed by atoms with Gasteiger partial charge in [-0.05, 0) is 93.7 Å². The number of fused-ring (bicyclic) bond motifs is 7. The third-order valence-corrected chi connectivity index (χ3v) is 10.8. The van der Waals surface area contributed by atoms with Crippen molar-refractivity contribution in [3.05, 3.63) is 176 Å². The van der Waals surface area contributed by atoms with Crippen LogP contribution in [0, 0.1) is 0 Å². The smallest absolute Gasteiger partial charge is 0.137 e. The number of hydrogen-bond donors (Lipinski definition) is 0. The van der Waals surface area contributed by atoms with Gasteiger partial charge >= 0.3 is 0 Å². The molecule has 0 aliphatic rings. The molecule has 3 heteroatoms. The Morgan fingerprint density at radius 3 is 1.92 bits per heavy atom. The van der Waals surface area contributed by atoms with E-state index in [4.69, 9.17) is 4.42 Å². The van der Waals surface area contributed by atoms with Crippen molar-refractivity contribution in [2.75, 3.05) is 4.90 Å². The van der Waals surface area contributed by atoms with Crippen LogP contribution in [0.5, 0.6) is 0 Å². The van der Waals surface area contributed by atoms with E-state index in [9.17, 15) is 0 Å². The highest BCUT2D eigenvalue weighted by Crippen LogP contribution is 2.45. The number of benzene rings is 8. The van der Waals surface area contributed by atoms with Gasteiger partial charge in [0.1, 0.15) is 11.2 Å². The van der Waals surface area contributed by atoms with Crippen LogP contribution in [0.2, 0.25) is 0 Å². The standard InChI is InChI=1S/C46H29NOS/c1-2-11-30(12-3-1)36-13-4-5-14-37(36)31-21-24-34(25-22-31)47(41-17-10-19-43-46(41)39-16-6-8-18-42(39)48-43)35-26-23-32-28-40-38-15-7-9-20-44(38)49-45(40)29-33(32)27-35/h1-29H. The zero-order valence-corrected chi connectivity index (χ0v) is 27.3. The first-order valence-corrected chi connectivity index (χ1v) is 17.4. The average molecular weight is 644 g/mol. The maximum absolute atomic E-state index is 6.37. The van der Waals surface area contributed by atoms with E-state index in [1.54, 1.807) is 0 Å². The van der Waals surface area contributed by atoms with Crippen molar-refractivity contribution in [3.63, 3.8) is 0 Å². The average Bonchev–Trinajstić information content (AvgIpc) is 3.73. The van der Waals surface area contributed by atoms with Gasteiger partial charge in [-0.15, -0.1) is 11.3 Å². The van der Waals surface area contributed by atoms with Gasteiger partial charge in [0, 0.05) is 36.9 Å². The van der Waals surface area contributed by atoms with Crippen LogP contribution in [0.25, 0.3) is 75.1 Å². The summed E-state index contributed by atoms with van der Waals surface area (Å²) in [7, 11) is 0. The number of para-hydroxylation sites is 1. The Morgan fingerprint density at radius 2 is 1.08 bits per heavy atom. The Bertz CT molecular complexity index is 2830. The van der Waals surface area contributed by atoms with E-state index in [0.29, 0.717) is 0 Å². The monoisotopic (exact) mass is 643 g/mol. The summed E-state index contributed by atoms with van der Waals surface area (Å²) >= 11 is 1.86. The van der Waals surface area contributed by atoms with Gasteiger partial charge in [-0.3, -0.25) is 0 Å². The molecule has 2 nitrogen and oxygen atoms in total. The summed E-state index contributed by atoms with van der Waals surface area (Å²) in [5.74, 6) is 0. The first-order valence-electron chi connectivity index (χ1n) is 16.6. The molecule has 230 valence electrons. The van der Waals surface area contributed by atoms with Crippen LogP contribution >= 0.6 is 11.3 Å². The van der Waals surface area contributed by atoms with Gasteiger partial charge in [-0.2, -0.15) is 0 Å². The molecule has 0 radical (unpaired) electrons. The molecule has 0 aliphatic carbocycles. The fraction of sp³-hybridized carbons (Fsp3) is 0. The van der Waals surface area contributed by atoms with Crippen molar-refractivity contribution in [1.29, 1.82) is 0 Å². The molecule has 10 aromatic rings. The molecule has 0 bridgehead atoms. The van der Waals surface area contributed by atoms with Crippen LogP contribution in [0.15, 0.2) is 180 Å². The lowest BCUT2D eigenvalue weighted by atomic mass is 9.94. The van der Waals surface area contributed by atoms with Crippen LogP contribution in [0.3, 0.4) is 0 Å². The van der Waals surface area contributed by atoms with E-state index >= 15 is 0 Å². The second-order valence-electron chi connectivity index (χ2n) is 12.5. The molecular formula is C46H29NOS. The van der Waals surface area contributed by atoms with E-state index in [0.717, 1.165) is 39.0 Å². The largest absolute Gasteiger partial charge is 0.456 e. The summed E-state index contributed by atoms with van der Waals surface area (Å²) in [5, 5.41) is 7.32. The van der Waals surface area contributed by atoms with Crippen LogP contribution in [-0.4, -0.2) is 0 Å². The van der Waals surface area contributed by atoms with Gasteiger partial charge in [0.05, 0.1) is 11.1 Å².